The number of hydrogen-bond donors (Lipinski definition) is 1. The molecule has 4 heteroatoms. The van der Waals surface area contributed by atoms with E-state index in [2.05, 4.69) is 17.1 Å². The molecular weight excluding hydrogens is 238 g/mol. The summed E-state index contributed by atoms with van der Waals surface area (Å²) < 4.78 is 7.57. The lowest BCUT2D eigenvalue weighted by molar-refractivity contribution is 0.0775. The van der Waals surface area contributed by atoms with Crippen LogP contribution in [-0.2, 0) is 18.2 Å². The average molecular weight is 259 g/mol. The Kier molecular flexibility index (Phi) is 4.71. The molecule has 2 aromatic rings. The van der Waals surface area contributed by atoms with Crippen molar-refractivity contribution in [2.75, 3.05) is 7.11 Å². The number of aryl methyl sites for hydroxylation is 2. The smallest absolute Gasteiger partial charge is 0.108 e. The molecule has 1 aromatic heterocycles. The van der Waals surface area contributed by atoms with Gasteiger partial charge in [-0.1, -0.05) is 30.3 Å². The summed E-state index contributed by atoms with van der Waals surface area (Å²) in [6.45, 7) is 0. The van der Waals surface area contributed by atoms with Crippen LogP contribution >= 0.6 is 0 Å². The molecule has 0 saturated heterocycles. The van der Waals surface area contributed by atoms with E-state index in [0.29, 0.717) is 0 Å². The zero-order valence-corrected chi connectivity index (χ0v) is 11.5. The fourth-order valence-electron chi connectivity index (χ4n) is 2.29. The van der Waals surface area contributed by atoms with Crippen LogP contribution in [0, 0.1) is 0 Å². The van der Waals surface area contributed by atoms with Gasteiger partial charge in [-0.25, -0.2) is 4.98 Å². The molecular formula is C15H21N3O. The van der Waals surface area contributed by atoms with Gasteiger partial charge >= 0.3 is 0 Å². The van der Waals surface area contributed by atoms with Crippen LogP contribution in [0.25, 0.3) is 0 Å². The van der Waals surface area contributed by atoms with E-state index < -0.39 is 0 Å². The Morgan fingerprint density at radius 1 is 1.32 bits per heavy atom. The van der Waals surface area contributed by atoms with Crippen LogP contribution in [0.1, 0.15) is 23.9 Å². The van der Waals surface area contributed by atoms with E-state index in [-0.39, 0.29) is 12.1 Å². The van der Waals surface area contributed by atoms with Crippen LogP contribution in [0.15, 0.2) is 42.7 Å². The second kappa shape index (κ2) is 6.50. The van der Waals surface area contributed by atoms with E-state index >= 15 is 0 Å². The third-order valence-corrected chi connectivity index (χ3v) is 3.39. The first-order valence-electron chi connectivity index (χ1n) is 6.52. The van der Waals surface area contributed by atoms with Crippen molar-refractivity contribution in [2.24, 2.45) is 12.8 Å². The quantitative estimate of drug-likeness (QED) is 0.864. The van der Waals surface area contributed by atoms with E-state index in [1.54, 1.807) is 7.11 Å². The first-order valence-corrected chi connectivity index (χ1v) is 6.52. The number of nitrogens with zero attached hydrogens (tertiary/aromatic N) is 2. The minimum Gasteiger partial charge on any atom is -0.375 e. The van der Waals surface area contributed by atoms with Crippen molar-refractivity contribution in [3.8, 4) is 0 Å². The van der Waals surface area contributed by atoms with E-state index in [1.807, 2.05) is 42.2 Å². The van der Waals surface area contributed by atoms with Gasteiger partial charge in [0.1, 0.15) is 5.82 Å². The van der Waals surface area contributed by atoms with Crippen molar-refractivity contribution >= 4 is 0 Å². The third kappa shape index (κ3) is 3.43. The van der Waals surface area contributed by atoms with Crippen molar-refractivity contribution in [1.82, 2.24) is 9.55 Å². The summed E-state index contributed by atoms with van der Waals surface area (Å²) >= 11 is 0. The lowest BCUT2D eigenvalue weighted by Gasteiger charge is -2.23. The molecule has 0 aliphatic rings. The van der Waals surface area contributed by atoms with Crippen molar-refractivity contribution in [2.45, 2.75) is 25.0 Å². The monoisotopic (exact) mass is 259 g/mol. The first kappa shape index (κ1) is 13.8. The number of ether oxygens (including phenoxy) is 1. The molecule has 0 saturated carbocycles. The Bertz CT molecular complexity index is 495. The number of rotatable bonds is 6. The molecule has 0 amide bonds. The minimum absolute atomic E-state index is 0.0379. The van der Waals surface area contributed by atoms with Crippen LogP contribution < -0.4 is 5.73 Å². The van der Waals surface area contributed by atoms with Crippen LogP contribution in [0.3, 0.4) is 0 Å². The Labute approximate surface area is 114 Å². The average Bonchev–Trinajstić information content (AvgIpc) is 2.84. The van der Waals surface area contributed by atoms with E-state index in [1.165, 1.54) is 0 Å². The fourth-order valence-corrected chi connectivity index (χ4v) is 2.29. The molecule has 1 heterocycles. The summed E-state index contributed by atoms with van der Waals surface area (Å²) in [7, 11) is 3.71. The summed E-state index contributed by atoms with van der Waals surface area (Å²) in [4.78, 5) is 4.31. The van der Waals surface area contributed by atoms with Crippen molar-refractivity contribution in [3.05, 3.63) is 54.1 Å². The van der Waals surface area contributed by atoms with E-state index in [4.69, 9.17) is 10.5 Å². The lowest BCUT2D eigenvalue weighted by Crippen LogP contribution is -2.30. The maximum atomic E-state index is 6.27. The predicted molar refractivity (Wildman–Crippen MR) is 75.7 cm³/mol. The summed E-state index contributed by atoms with van der Waals surface area (Å²) in [5, 5.41) is 0. The highest BCUT2D eigenvalue weighted by Crippen LogP contribution is 2.21. The van der Waals surface area contributed by atoms with Crippen LogP contribution in [0.5, 0.6) is 0 Å². The summed E-state index contributed by atoms with van der Waals surface area (Å²) in [5.41, 5.74) is 7.39. The zero-order chi connectivity index (χ0) is 13.7. The topological polar surface area (TPSA) is 53.1 Å². The van der Waals surface area contributed by atoms with Gasteiger partial charge in [0.05, 0.1) is 6.10 Å². The molecule has 0 aliphatic carbocycles. The first-order chi connectivity index (χ1) is 9.22. The lowest BCUT2D eigenvalue weighted by atomic mass is 9.99. The molecule has 1 aromatic carbocycles. The summed E-state index contributed by atoms with van der Waals surface area (Å²) in [6.07, 6.45) is 5.40. The number of benzene rings is 1. The van der Waals surface area contributed by atoms with Gasteiger partial charge in [-0.05, 0) is 12.0 Å². The maximum Gasteiger partial charge on any atom is 0.108 e. The molecule has 102 valence electrons. The van der Waals surface area contributed by atoms with Crippen LogP contribution in [-0.4, -0.2) is 22.7 Å². The molecule has 19 heavy (non-hydrogen) atoms. The van der Waals surface area contributed by atoms with Gasteiger partial charge in [-0.2, -0.15) is 0 Å². The van der Waals surface area contributed by atoms with Gasteiger partial charge in [0.25, 0.3) is 0 Å². The molecule has 0 spiro atoms. The Morgan fingerprint density at radius 3 is 2.63 bits per heavy atom. The number of aromatic nitrogens is 2. The van der Waals surface area contributed by atoms with Gasteiger partial charge in [-0.3, -0.25) is 0 Å². The Balaban J connectivity index is 1.98. The largest absolute Gasteiger partial charge is 0.375 e. The molecule has 0 radical (unpaired) electrons. The van der Waals surface area contributed by atoms with Crippen LogP contribution in [0.4, 0.5) is 0 Å². The Morgan fingerprint density at radius 2 is 2.05 bits per heavy atom. The fraction of sp³-hybridized carbons (Fsp3) is 0.400. The molecule has 2 rings (SSSR count). The highest BCUT2D eigenvalue weighted by molar-refractivity contribution is 5.19. The van der Waals surface area contributed by atoms with Gasteiger partial charge in [0, 0.05) is 39.0 Å². The molecule has 0 bridgehead atoms. The number of hydrogen-bond acceptors (Lipinski definition) is 3. The van der Waals surface area contributed by atoms with E-state index in [0.717, 1.165) is 24.2 Å². The van der Waals surface area contributed by atoms with Crippen molar-refractivity contribution in [3.63, 3.8) is 0 Å². The third-order valence-electron chi connectivity index (χ3n) is 3.39. The number of imidazole rings is 1. The maximum absolute atomic E-state index is 6.27. The highest BCUT2D eigenvalue weighted by Gasteiger charge is 2.19. The van der Waals surface area contributed by atoms with Gasteiger partial charge in [0.15, 0.2) is 0 Å². The Hall–Kier alpha value is -1.65. The zero-order valence-electron chi connectivity index (χ0n) is 11.5. The summed E-state index contributed by atoms with van der Waals surface area (Å²) in [6, 6.07) is 10.1. The predicted octanol–water partition coefficient (Wildman–Crippen LogP) is 2.07. The van der Waals surface area contributed by atoms with Crippen molar-refractivity contribution in [1.29, 1.82) is 0 Å². The molecule has 2 N–H and O–H groups in total. The second-order valence-electron chi connectivity index (χ2n) is 4.72. The number of nitrogens with two attached hydrogens (primary N) is 1. The summed E-state index contributed by atoms with van der Waals surface area (Å²) in [5.74, 6) is 1.05. The SMILES string of the molecule is COC(c1ccccc1)C(N)CCc1nccn1C. The molecule has 2 atom stereocenters. The normalized spacial score (nSPS) is 14.3. The second-order valence-corrected chi connectivity index (χ2v) is 4.72. The van der Waals surface area contributed by atoms with E-state index in [9.17, 15) is 0 Å². The molecule has 2 unspecified atom stereocenters. The highest BCUT2D eigenvalue weighted by atomic mass is 16.5. The van der Waals surface area contributed by atoms with Gasteiger partial charge < -0.3 is 15.0 Å². The van der Waals surface area contributed by atoms with Gasteiger partial charge in [0.2, 0.25) is 0 Å². The van der Waals surface area contributed by atoms with Crippen LogP contribution in [0.2, 0.25) is 0 Å². The van der Waals surface area contributed by atoms with Gasteiger partial charge in [-0.15, -0.1) is 0 Å². The standard InChI is InChI=1S/C15H21N3O/c1-18-11-10-17-14(18)9-8-13(16)15(19-2)12-6-4-3-5-7-12/h3-7,10-11,13,15H,8-9,16H2,1-2H3. The minimum atomic E-state index is -0.0681. The number of methoxy groups -OCH3 is 1. The van der Waals surface area contributed by atoms with Crippen molar-refractivity contribution < 1.29 is 4.74 Å². The molecule has 0 fully saturated rings. The molecule has 0 aliphatic heterocycles. The molecule has 4 nitrogen and oxygen atoms in total.